The van der Waals surface area contributed by atoms with E-state index in [-0.39, 0.29) is 5.54 Å². The number of halogens is 3. The number of hydrogen-bond donors (Lipinski definition) is 1. The van der Waals surface area contributed by atoms with Gasteiger partial charge in [0, 0.05) is 22.5 Å². The molecule has 0 heterocycles. The standard InChI is InChI=1S/C16H16Cl3N/c1-16(11-17,13-5-3-2-4-6-13)20-10-12-9-14(18)7-8-15(12)19/h2-9,20H,10-11H2,1H3. The van der Waals surface area contributed by atoms with Gasteiger partial charge in [-0.15, -0.1) is 11.6 Å². The normalized spacial score (nSPS) is 14.0. The Labute approximate surface area is 134 Å². The monoisotopic (exact) mass is 327 g/mol. The van der Waals surface area contributed by atoms with Gasteiger partial charge in [0.25, 0.3) is 0 Å². The van der Waals surface area contributed by atoms with E-state index in [9.17, 15) is 0 Å². The van der Waals surface area contributed by atoms with Crippen LogP contribution in [0, 0.1) is 0 Å². The van der Waals surface area contributed by atoms with Crippen molar-refractivity contribution in [1.82, 2.24) is 5.32 Å². The van der Waals surface area contributed by atoms with E-state index in [2.05, 4.69) is 24.4 Å². The Morgan fingerprint density at radius 1 is 1.05 bits per heavy atom. The second-order valence-corrected chi connectivity index (χ2v) is 6.03. The molecule has 0 aliphatic heterocycles. The van der Waals surface area contributed by atoms with Gasteiger partial charge in [-0.3, -0.25) is 0 Å². The molecule has 0 saturated carbocycles. The number of rotatable bonds is 5. The van der Waals surface area contributed by atoms with Crippen molar-refractivity contribution in [2.24, 2.45) is 0 Å². The predicted octanol–water partition coefficient (Wildman–Crippen LogP) is 5.24. The molecule has 4 heteroatoms. The van der Waals surface area contributed by atoms with Crippen LogP contribution in [0.2, 0.25) is 10.0 Å². The minimum absolute atomic E-state index is 0.311. The fraction of sp³-hybridized carbons (Fsp3) is 0.250. The average molecular weight is 329 g/mol. The summed E-state index contributed by atoms with van der Waals surface area (Å²) in [5.74, 6) is 0.467. The molecule has 1 nitrogen and oxygen atoms in total. The first-order valence-electron chi connectivity index (χ1n) is 6.35. The summed E-state index contributed by atoms with van der Waals surface area (Å²) in [5.41, 5.74) is 1.80. The predicted molar refractivity (Wildman–Crippen MR) is 87.8 cm³/mol. The van der Waals surface area contributed by atoms with Gasteiger partial charge in [-0.25, -0.2) is 0 Å². The van der Waals surface area contributed by atoms with E-state index in [0.29, 0.717) is 22.5 Å². The van der Waals surface area contributed by atoms with Gasteiger partial charge in [-0.2, -0.15) is 0 Å². The first-order valence-corrected chi connectivity index (χ1v) is 7.65. The lowest BCUT2D eigenvalue weighted by Crippen LogP contribution is -2.40. The molecule has 0 aliphatic rings. The highest BCUT2D eigenvalue weighted by Gasteiger charge is 2.24. The molecule has 0 fully saturated rings. The maximum Gasteiger partial charge on any atom is 0.0545 e. The van der Waals surface area contributed by atoms with E-state index in [4.69, 9.17) is 34.8 Å². The van der Waals surface area contributed by atoms with Gasteiger partial charge in [0.05, 0.1) is 5.54 Å². The van der Waals surface area contributed by atoms with Crippen molar-refractivity contribution >= 4 is 34.8 Å². The molecule has 2 aromatic rings. The number of nitrogens with one attached hydrogen (secondary N) is 1. The van der Waals surface area contributed by atoms with Crippen molar-refractivity contribution in [3.63, 3.8) is 0 Å². The Kier molecular flexibility index (Phi) is 5.34. The van der Waals surface area contributed by atoms with E-state index in [1.165, 1.54) is 0 Å². The van der Waals surface area contributed by atoms with Crippen LogP contribution in [0.1, 0.15) is 18.1 Å². The minimum atomic E-state index is -0.311. The Balaban J connectivity index is 2.17. The fourth-order valence-corrected chi connectivity index (χ4v) is 2.63. The van der Waals surface area contributed by atoms with Crippen molar-refractivity contribution in [2.45, 2.75) is 19.0 Å². The maximum absolute atomic E-state index is 6.18. The number of benzene rings is 2. The Morgan fingerprint density at radius 3 is 2.40 bits per heavy atom. The molecule has 2 aromatic carbocycles. The molecule has 0 saturated heterocycles. The number of alkyl halides is 1. The largest absolute Gasteiger partial charge is 0.302 e. The third-order valence-corrected chi connectivity index (χ3v) is 4.49. The summed E-state index contributed by atoms with van der Waals surface area (Å²) in [6, 6.07) is 15.6. The second-order valence-electron chi connectivity index (χ2n) is 4.92. The van der Waals surface area contributed by atoms with E-state index in [0.717, 1.165) is 11.1 Å². The van der Waals surface area contributed by atoms with Crippen LogP contribution in [0.3, 0.4) is 0 Å². The van der Waals surface area contributed by atoms with E-state index in [1.54, 1.807) is 12.1 Å². The molecular weight excluding hydrogens is 313 g/mol. The summed E-state index contributed by atoms with van der Waals surface area (Å²) in [6.45, 7) is 2.69. The highest BCUT2D eigenvalue weighted by molar-refractivity contribution is 6.33. The summed E-state index contributed by atoms with van der Waals surface area (Å²) in [5, 5.41) is 4.85. The average Bonchev–Trinajstić information content (AvgIpc) is 2.49. The molecule has 106 valence electrons. The molecule has 20 heavy (non-hydrogen) atoms. The van der Waals surface area contributed by atoms with E-state index in [1.807, 2.05) is 24.3 Å². The molecule has 2 rings (SSSR count). The Bertz CT molecular complexity index is 571. The van der Waals surface area contributed by atoms with Crippen molar-refractivity contribution in [3.05, 3.63) is 69.7 Å². The smallest absolute Gasteiger partial charge is 0.0545 e. The zero-order valence-electron chi connectivity index (χ0n) is 11.2. The molecule has 0 aromatic heterocycles. The van der Waals surface area contributed by atoms with Crippen LogP contribution in [-0.4, -0.2) is 5.88 Å². The van der Waals surface area contributed by atoms with Gasteiger partial charge in [0.1, 0.15) is 0 Å². The lowest BCUT2D eigenvalue weighted by atomic mass is 9.94. The maximum atomic E-state index is 6.18. The number of hydrogen-bond acceptors (Lipinski definition) is 1. The van der Waals surface area contributed by atoms with Crippen LogP contribution >= 0.6 is 34.8 Å². The van der Waals surface area contributed by atoms with Gasteiger partial charge in [0.2, 0.25) is 0 Å². The molecule has 0 spiro atoms. The van der Waals surface area contributed by atoms with Crippen molar-refractivity contribution < 1.29 is 0 Å². The molecular formula is C16H16Cl3N. The van der Waals surface area contributed by atoms with Gasteiger partial charge >= 0.3 is 0 Å². The van der Waals surface area contributed by atoms with E-state index >= 15 is 0 Å². The summed E-state index contributed by atoms with van der Waals surface area (Å²) < 4.78 is 0. The third-order valence-electron chi connectivity index (χ3n) is 3.35. The quantitative estimate of drug-likeness (QED) is 0.740. The zero-order valence-corrected chi connectivity index (χ0v) is 13.4. The first-order chi connectivity index (χ1) is 9.55. The molecule has 0 aliphatic carbocycles. The molecule has 1 unspecified atom stereocenters. The minimum Gasteiger partial charge on any atom is -0.302 e. The zero-order chi connectivity index (χ0) is 14.6. The Hall–Kier alpha value is -0.730. The van der Waals surface area contributed by atoms with Crippen LogP contribution in [0.5, 0.6) is 0 Å². The van der Waals surface area contributed by atoms with Crippen LogP contribution in [0.4, 0.5) is 0 Å². The lowest BCUT2D eigenvalue weighted by molar-refractivity contribution is 0.407. The molecule has 0 amide bonds. The summed E-state index contributed by atoms with van der Waals surface area (Å²) in [4.78, 5) is 0. The highest BCUT2D eigenvalue weighted by Crippen LogP contribution is 2.25. The fourth-order valence-electron chi connectivity index (χ4n) is 2.00. The summed E-state index contributed by atoms with van der Waals surface area (Å²) >= 11 is 18.3. The van der Waals surface area contributed by atoms with Crippen molar-refractivity contribution in [1.29, 1.82) is 0 Å². The van der Waals surface area contributed by atoms with Crippen LogP contribution in [0.15, 0.2) is 48.5 Å². The summed E-state index contributed by atoms with van der Waals surface area (Å²) in [6.07, 6.45) is 0. The van der Waals surface area contributed by atoms with Gasteiger partial charge in [0.15, 0.2) is 0 Å². The van der Waals surface area contributed by atoms with Crippen LogP contribution in [-0.2, 0) is 12.1 Å². The topological polar surface area (TPSA) is 12.0 Å². The Morgan fingerprint density at radius 2 is 1.75 bits per heavy atom. The lowest BCUT2D eigenvalue weighted by Gasteiger charge is -2.29. The third kappa shape index (κ3) is 3.67. The van der Waals surface area contributed by atoms with Crippen molar-refractivity contribution in [3.8, 4) is 0 Å². The van der Waals surface area contributed by atoms with Gasteiger partial charge in [-0.1, -0.05) is 53.5 Å². The van der Waals surface area contributed by atoms with Gasteiger partial charge in [-0.05, 0) is 36.2 Å². The second kappa shape index (κ2) is 6.82. The summed E-state index contributed by atoms with van der Waals surface area (Å²) in [7, 11) is 0. The highest BCUT2D eigenvalue weighted by atomic mass is 35.5. The van der Waals surface area contributed by atoms with Gasteiger partial charge < -0.3 is 5.32 Å². The molecule has 1 N–H and O–H groups in total. The first kappa shape index (κ1) is 15.7. The van der Waals surface area contributed by atoms with Crippen molar-refractivity contribution in [2.75, 3.05) is 5.88 Å². The SMILES string of the molecule is CC(CCl)(NCc1cc(Cl)ccc1Cl)c1ccccc1. The van der Waals surface area contributed by atoms with Crippen LogP contribution in [0.25, 0.3) is 0 Å². The van der Waals surface area contributed by atoms with E-state index < -0.39 is 0 Å². The molecule has 1 atom stereocenters. The molecule has 0 radical (unpaired) electrons. The van der Waals surface area contributed by atoms with Crippen LogP contribution < -0.4 is 5.32 Å². The molecule has 0 bridgehead atoms.